The Hall–Kier alpha value is -0.190. The molecule has 1 aromatic rings. The molecule has 0 aliphatic carbocycles. The molecule has 0 aliphatic heterocycles. The highest BCUT2D eigenvalue weighted by Gasteiger charge is 2.13. The van der Waals surface area contributed by atoms with Gasteiger partial charge in [0.25, 0.3) is 0 Å². The molecule has 1 rings (SSSR count). The lowest BCUT2D eigenvalue weighted by Gasteiger charge is -2.12. The minimum Gasteiger partial charge on any atom is -0.308 e. The molecule has 1 unspecified atom stereocenters. The van der Waals surface area contributed by atoms with Crippen molar-refractivity contribution in [2.45, 2.75) is 32.9 Å². The molecule has 3 nitrogen and oxygen atoms in total. The first-order chi connectivity index (χ1) is 7.60. The van der Waals surface area contributed by atoms with Crippen LogP contribution in [0.5, 0.6) is 0 Å². The predicted molar refractivity (Wildman–Crippen MR) is 72.3 cm³/mol. The number of hydrogen-bond acceptors (Lipinski definition) is 3. The Morgan fingerprint density at radius 1 is 1.56 bits per heavy atom. The van der Waals surface area contributed by atoms with E-state index in [0.717, 1.165) is 35.1 Å². The van der Waals surface area contributed by atoms with Crippen LogP contribution in [0.2, 0.25) is 5.02 Å². The van der Waals surface area contributed by atoms with Gasteiger partial charge in [0.1, 0.15) is 0 Å². The Kier molecular flexibility index (Phi) is 5.66. The van der Waals surface area contributed by atoms with Crippen LogP contribution in [0.4, 0.5) is 0 Å². The average Bonchev–Trinajstić information content (AvgIpc) is 2.52. The summed E-state index contributed by atoms with van der Waals surface area (Å²) in [6.45, 7) is 5.04. The second kappa shape index (κ2) is 6.52. The number of hydrogen-bond donors (Lipinski definition) is 1. The van der Waals surface area contributed by atoms with E-state index >= 15 is 0 Å². The van der Waals surface area contributed by atoms with Crippen molar-refractivity contribution < 1.29 is 0 Å². The summed E-state index contributed by atoms with van der Waals surface area (Å²) in [6, 6.07) is 0.492. The van der Waals surface area contributed by atoms with E-state index in [0.29, 0.717) is 6.04 Å². The zero-order chi connectivity index (χ0) is 12.1. The molecule has 1 atom stereocenters. The highest BCUT2D eigenvalue weighted by Crippen LogP contribution is 2.20. The van der Waals surface area contributed by atoms with E-state index in [4.69, 9.17) is 11.6 Å². The number of halogens is 1. The van der Waals surface area contributed by atoms with Crippen LogP contribution in [0.25, 0.3) is 0 Å². The van der Waals surface area contributed by atoms with E-state index in [1.165, 1.54) is 0 Å². The zero-order valence-electron chi connectivity index (χ0n) is 10.4. The van der Waals surface area contributed by atoms with Crippen LogP contribution in [0.1, 0.15) is 25.2 Å². The van der Waals surface area contributed by atoms with E-state index in [1.807, 2.05) is 23.5 Å². The molecule has 0 spiro atoms. The van der Waals surface area contributed by atoms with E-state index in [9.17, 15) is 0 Å². The van der Waals surface area contributed by atoms with Crippen LogP contribution in [0.15, 0.2) is 0 Å². The lowest BCUT2D eigenvalue weighted by atomic mass is 10.3. The van der Waals surface area contributed by atoms with Gasteiger partial charge in [-0.05, 0) is 19.6 Å². The fraction of sp³-hybridized carbons (Fsp3) is 0.727. The van der Waals surface area contributed by atoms with Gasteiger partial charge in [-0.2, -0.15) is 16.9 Å². The third-order valence-electron chi connectivity index (χ3n) is 2.54. The van der Waals surface area contributed by atoms with Crippen LogP contribution in [0, 0.1) is 0 Å². The van der Waals surface area contributed by atoms with E-state index in [1.54, 1.807) is 0 Å². The minimum absolute atomic E-state index is 0.492. The molecular formula is C11H20ClN3S. The lowest BCUT2D eigenvalue weighted by molar-refractivity contribution is 0.564. The second-order valence-electron chi connectivity index (χ2n) is 3.92. The summed E-state index contributed by atoms with van der Waals surface area (Å²) >= 11 is 8.11. The summed E-state index contributed by atoms with van der Waals surface area (Å²) < 4.78 is 1.87. The van der Waals surface area contributed by atoms with Gasteiger partial charge >= 0.3 is 0 Å². The summed E-state index contributed by atoms with van der Waals surface area (Å²) in [5.74, 6) is 1.11. The molecule has 1 N–H and O–H groups in total. The number of aryl methyl sites for hydroxylation is 2. The molecule has 5 heteroatoms. The molecule has 0 aromatic carbocycles. The molecule has 0 bridgehead atoms. The van der Waals surface area contributed by atoms with Crippen LogP contribution in [0.3, 0.4) is 0 Å². The fourth-order valence-corrected chi connectivity index (χ4v) is 2.57. The van der Waals surface area contributed by atoms with Crippen molar-refractivity contribution in [3.05, 3.63) is 16.4 Å². The van der Waals surface area contributed by atoms with Gasteiger partial charge in [-0.1, -0.05) is 18.5 Å². The van der Waals surface area contributed by atoms with Crippen molar-refractivity contribution in [2.75, 3.05) is 12.0 Å². The van der Waals surface area contributed by atoms with Crippen LogP contribution < -0.4 is 5.32 Å². The standard InChI is InChI=1S/C11H20ClN3S/c1-5-9-11(12)10(15(3)14-9)6-13-8(2)7-16-4/h8,13H,5-7H2,1-4H3. The first-order valence-corrected chi connectivity index (χ1v) is 7.29. The molecule has 1 aromatic heterocycles. The molecule has 0 radical (unpaired) electrons. The molecule has 1 heterocycles. The topological polar surface area (TPSA) is 29.9 Å². The third kappa shape index (κ3) is 3.40. The summed E-state index contributed by atoms with van der Waals surface area (Å²) in [7, 11) is 1.95. The second-order valence-corrected chi connectivity index (χ2v) is 5.21. The van der Waals surface area contributed by atoms with Gasteiger partial charge in [0.2, 0.25) is 0 Å². The maximum absolute atomic E-state index is 6.26. The Balaban J connectivity index is 2.63. The Labute approximate surface area is 107 Å². The Morgan fingerprint density at radius 2 is 2.25 bits per heavy atom. The van der Waals surface area contributed by atoms with Crippen molar-refractivity contribution in [1.82, 2.24) is 15.1 Å². The van der Waals surface area contributed by atoms with Crippen LogP contribution in [-0.4, -0.2) is 27.8 Å². The number of nitrogens with one attached hydrogen (secondary N) is 1. The maximum atomic E-state index is 6.26. The molecule has 0 fully saturated rings. The zero-order valence-corrected chi connectivity index (χ0v) is 12.0. The first kappa shape index (κ1) is 13.9. The van der Waals surface area contributed by atoms with Gasteiger partial charge in [0, 0.05) is 25.4 Å². The van der Waals surface area contributed by atoms with Gasteiger partial charge in [-0.3, -0.25) is 4.68 Å². The smallest absolute Gasteiger partial charge is 0.0863 e. The van der Waals surface area contributed by atoms with Crippen molar-refractivity contribution in [3.63, 3.8) is 0 Å². The third-order valence-corrected chi connectivity index (χ3v) is 3.81. The fourth-order valence-electron chi connectivity index (χ4n) is 1.59. The number of rotatable bonds is 6. The highest BCUT2D eigenvalue weighted by atomic mass is 35.5. The number of nitrogens with zero attached hydrogens (tertiary/aromatic N) is 2. The van der Waals surface area contributed by atoms with Crippen molar-refractivity contribution in [2.24, 2.45) is 7.05 Å². The summed E-state index contributed by atoms with van der Waals surface area (Å²) in [6.07, 6.45) is 3.00. The SMILES string of the molecule is CCc1nn(C)c(CNC(C)CSC)c1Cl. The van der Waals surface area contributed by atoms with Crippen LogP contribution in [-0.2, 0) is 20.0 Å². The first-order valence-electron chi connectivity index (χ1n) is 5.52. The Bertz CT molecular complexity index is 338. The Morgan fingerprint density at radius 3 is 2.75 bits per heavy atom. The lowest BCUT2D eigenvalue weighted by Crippen LogP contribution is -2.28. The minimum atomic E-state index is 0.492. The maximum Gasteiger partial charge on any atom is 0.0863 e. The van der Waals surface area contributed by atoms with E-state index in [2.05, 4.69) is 30.5 Å². The molecule has 92 valence electrons. The van der Waals surface area contributed by atoms with Gasteiger partial charge in [0.15, 0.2) is 0 Å². The van der Waals surface area contributed by atoms with E-state index < -0.39 is 0 Å². The van der Waals surface area contributed by atoms with Crippen molar-refractivity contribution >= 4 is 23.4 Å². The largest absolute Gasteiger partial charge is 0.308 e. The molecule has 16 heavy (non-hydrogen) atoms. The van der Waals surface area contributed by atoms with Gasteiger partial charge in [-0.25, -0.2) is 0 Å². The van der Waals surface area contributed by atoms with Gasteiger partial charge in [-0.15, -0.1) is 0 Å². The summed E-state index contributed by atoms with van der Waals surface area (Å²) in [5, 5.41) is 8.66. The van der Waals surface area contributed by atoms with Gasteiger partial charge in [0.05, 0.1) is 16.4 Å². The van der Waals surface area contributed by atoms with Crippen LogP contribution >= 0.6 is 23.4 Å². The highest BCUT2D eigenvalue weighted by molar-refractivity contribution is 7.98. The summed E-state index contributed by atoms with van der Waals surface area (Å²) in [5.41, 5.74) is 2.06. The molecule has 0 saturated heterocycles. The molecular weight excluding hydrogens is 242 g/mol. The predicted octanol–water partition coefficient (Wildman–Crippen LogP) is 2.48. The number of thioether (sulfide) groups is 1. The van der Waals surface area contributed by atoms with Crippen molar-refractivity contribution in [1.29, 1.82) is 0 Å². The molecule has 0 amide bonds. The molecule has 0 saturated carbocycles. The average molecular weight is 262 g/mol. The van der Waals surface area contributed by atoms with Gasteiger partial charge < -0.3 is 5.32 Å². The van der Waals surface area contributed by atoms with E-state index in [-0.39, 0.29) is 0 Å². The quantitative estimate of drug-likeness (QED) is 0.853. The summed E-state index contributed by atoms with van der Waals surface area (Å²) in [4.78, 5) is 0. The normalized spacial score (nSPS) is 13.1. The van der Waals surface area contributed by atoms with Crippen molar-refractivity contribution in [3.8, 4) is 0 Å². The monoisotopic (exact) mass is 261 g/mol. The molecule has 0 aliphatic rings. The number of aromatic nitrogens is 2.